The van der Waals surface area contributed by atoms with Crippen molar-refractivity contribution in [3.63, 3.8) is 0 Å². The van der Waals surface area contributed by atoms with Crippen LogP contribution in [0.5, 0.6) is 0 Å². The fourth-order valence-electron chi connectivity index (χ4n) is 3.07. The molecule has 0 aromatic heterocycles. The first-order valence-electron chi connectivity index (χ1n) is 8.64. The van der Waals surface area contributed by atoms with Crippen LogP contribution >= 0.6 is 24.0 Å². The van der Waals surface area contributed by atoms with Gasteiger partial charge in [-0.3, -0.25) is 9.89 Å². The van der Waals surface area contributed by atoms with E-state index in [-0.39, 0.29) is 30.0 Å². The molecule has 1 saturated heterocycles. The SMILES string of the molecule is CCN=C(NC1CCN(CC(F)(F)F)C1)N(C)Cc1ccccc1C.I. The van der Waals surface area contributed by atoms with Crippen LogP contribution in [0, 0.1) is 6.92 Å². The predicted molar refractivity (Wildman–Crippen MR) is 110 cm³/mol. The van der Waals surface area contributed by atoms with E-state index >= 15 is 0 Å². The zero-order valence-electron chi connectivity index (χ0n) is 15.5. The second-order valence-electron chi connectivity index (χ2n) is 6.56. The maximum Gasteiger partial charge on any atom is 0.401 e. The first-order valence-corrected chi connectivity index (χ1v) is 8.64. The van der Waals surface area contributed by atoms with Crippen LogP contribution in [-0.2, 0) is 6.54 Å². The van der Waals surface area contributed by atoms with Crippen molar-refractivity contribution < 1.29 is 13.2 Å². The fraction of sp³-hybridized carbons (Fsp3) is 0.611. The van der Waals surface area contributed by atoms with E-state index in [9.17, 15) is 13.2 Å². The molecule has 1 aliphatic rings. The number of nitrogens with zero attached hydrogens (tertiary/aromatic N) is 3. The molecule has 1 heterocycles. The van der Waals surface area contributed by atoms with Crippen molar-refractivity contribution >= 4 is 29.9 Å². The van der Waals surface area contributed by atoms with E-state index in [1.807, 2.05) is 31.0 Å². The van der Waals surface area contributed by atoms with Crippen molar-refractivity contribution in [3.05, 3.63) is 35.4 Å². The van der Waals surface area contributed by atoms with Gasteiger partial charge >= 0.3 is 6.18 Å². The number of nitrogens with one attached hydrogen (secondary N) is 1. The molecule has 0 bridgehead atoms. The molecule has 0 spiro atoms. The van der Waals surface area contributed by atoms with Gasteiger partial charge in [0.2, 0.25) is 0 Å². The van der Waals surface area contributed by atoms with Gasteiger partial charge in [0.25, 0.3) is 0 Å². The number of benzene rings is 1. The smallest absolute Gasteiger partial charge is 0.352 e. The van der Waals surface area contributed by atoms with Crippen molar-refractivity contribution in [3.8, 4) is 0 Å². The number of likely N-dealkylation sites (tertiary alicyclic amines) is 1. The second-order valence-corrected chi connectivity index (χ2v) is 6.56. The highest BCUT2D eigenvalue weighted by Crippen LogP contribution is 2.20. The highest BCUT2D eigenvalue weighted by Gasteiger charge is 2.34. The Kier molecular flexibility index (Phi) is 9.15. The van der Waals surface area contributed by atoms with Gasteiger partial charge in [-0.25, -0.2) is 0 Å². The molecule has 1 aliphatic heterocycles. The monoisotopic (exact) mass is 484 g/mol. The topological polar surface area (TPSA) is 30.9 Å². The quantitative estimate of drug-likeness (QED) is 0.394. The molecule has 8 heteroatoms. The molecule has 1 fully saturated rings. The third-order valence-electron chi connectivity index (χ3n) is 4.35. The molecule has 0 radical (unpaired) electrons. The molecule has 26 heavy (non-hydrogen) atoms. The lowest BCUT2D eigenvalue weighted by Gasteiger charge is -2.26. The third-order valence-corrected chi connectivity index (χ3v) is 4.35. The van der Waals surface area contributed by atoms with Crippen molar-refractivity contribution in [2.45, 2.75) is 39.0 Å². The Bertz CT molecular complexity index is 592. The van der Waals surface area contributed by atoms with Crippen molar-refractivity contribution in [2.75, 3.05) is 33.2 Å². The van der Waals surface area contributed by atoms with Crippen molar-refractivity contribution in [1.82, 2.24) is 15.1 Å². The largest absolute Gasteiger partial charge is 0.401 e. The van der Waals surface area contributed by atoms with Crippen LogP contribution in [0.2, 0.25) is 0 Å². The second kappa shape index (κ2) is 10.3. The summed E-state index contributed by atoms with van der Waals surface area (Å²) in [6.45, 7) is 5.35. The molecular formula is C18H28F3IN4. The number of hydrogen-bond donors (Lipinski definition) is 1. The summed E-state index contributed by atoms with van der Waals surface area (Å²) in [7, 11) is 1.95. The van der Waals surface area contributed by atoms with Crippen molar-refractivity contribution in [1.29, 1.82) is 0 Å². The van der Waals surface area contributed by atoms with Gasteiger partial charge in [0.15, 0.2) is 5.96 Å². The van der Waals surface area contributed by atoms with Crippen LogP contribution in [0.3, 0.4) is 0 Å². The lowest BCUT2D eigenvalue weighted by Crippen LogP contribution is -2.45. The Balaban J connectivity index is 0.00000338. The first kappa shape index (κ1) is 23.0. The molecule has 1 aromatic rings. The minimum atomic E-state index is -4.14. The highest BCUT2D eigenvalue weighted by molar-refractivity contribution is 14.0. The third kappa shape index (κ3) is 7.30. The fourth-order valence-corrected chi connectivity index (χ4v) is 3.07. The van der Waals surface area contributed by atoms with Crippen LogP contribution in [0.15, 0.2) is 29.3 Å². The molecule has 1 aromatic carbocycles. The summed E-state index contributed by atoms with van der Waals surface area (Å²) in [6, 6.07) is 8.15. The molecule has 0 aliphatic carbocycles. The van der Waals surface area contributed by atoms with Gasteiger partial charge in [-0.2, -0.15) is 13.2 Å². The van der Waals surface area contributed by atoms with E-state index in [1.54, 1.807) is 0 Å². The van der Waals surface area contributed by atoms with Gasteiger partial charge in [0.05, 0.1) is 6.54 Å². The summed E-state index contributed by atoms with van der Waals surface area (Å²) in [5.74, 6) is 0.740. The number of hydrogen-bond acceptors (Lipinski definition) is 2. The van der Waals surface area contributed by atoms with E-state index < -0.39 is 12.7 Å². The molecule has 2 rings (SSSR count). The lowest BCUT2D eigenvalue weighted by atomic mass is 10.1. The van der Waals surface area contributed by atoms with Crippen LogP contribution in [-0.4, -0.2) is 61.2 Å². The first-order chi connectivity index (χ1) is 11.8. The van der Waals surface area contributed by atoms with E-state index in [4.69, 9.17) is 0 Å². The maximum absolute atomic E-state index is 12.5. The highest BCUT2D eigenvalue weighted by atomic mass is 127. The van der Waals surface area contributed by atoms with E-state index in [2.05, 4.69) is 29.4 Å². The molecule has 1 unspecified atom stereocenters. The molecule has 0 amide bonds. The summed E-state index contributed by atoms with van der Waals surface area (Å²) in [4.78, 5) is 7.98. The number of halogens is 4. The van der Waals surface area contributed by atoms with Crippen LogP contribution in [0.25, 0.3) is 0 Å². The normalized spacial score (nSPS) is 18.5. The number of aryl methyl sites for hydroxylation is 1. The average molecular weight is 484 g/mol. The summed E-state index contributed by atoms with van der Waals surface area (Å²) in [6.07, 6.45) is -3.45. The van der Waals surface area contributed by atoms with Gasteiger partial charge in [0.1, 0.15) is 0 Å². The number of rotatable bonds is 5. The van der Waals surface area contributed by atoms with Gasteiger partial charge in [-0.15, -0.1) is 24.0 Å². The summed E-state index contributed by atoms with van der Waals surface area (Å²) in [5.41, 5.74) is 2.42. The Morgan fingerprint density at radius 3 is 2.65 bits per heavy atom. The standard InChI is InChI=1S/C18H27F3N4.HI/c1-4-22-17(24(3)11-15-8-6-5-7-14(15)2)23-16-9-10-25(12-16)13-18(19,20)21;/h5-8,16H,4,9-13H2,1-3H3,(H,22,23);1H. The Morgan fingerprint density at radius 1 is 1.35 bits per heavy atom. The van der Waals surface area contributed by atoms with Crippen LogP contribution in [0.1, 0.15) is 24.5 Å². The van der Waals surface area contributed by atoms with Crippen LogP contribution < -0.4 is 5.32 Å². The number of guanidine groups is 1. The van der Waals surface area contributed by atoms with E-state index in [0.717, 1.165) is 5.96 Å². The Morgan fingerprint density at radius 2 is 2.04 bits per heavy atom. The zero-order valence-corrected chi connectivity index (χ0v) is 17.8. The summed E-state index contributed by atoms with van der Waals surface area (Å²) >= 11 is 0. The van der Waals surface area contributed by atoms with Gasteiger partial charge < -0.3 is 10.2 Å². The number of alkyl halides is 3. The van der Waals surface area contributed by atoms with Crippen molar-refractivity contribution in [2.24, 2.45) is 4.99 Å². The van der Waals surface area contributed by atoms with Crippen LogP contribution in [0.4, 0.5) is 13.2 Å². The van der Waals surface area contributed by atoms with Gasteiger partial charge in [0, 0.05) is 39.3 Å². The minimum absolute atomic E-state index is 0. The average Bonchev–Trinajstić information content (AvgIpc) is 2.94. The van der Waals surface area contributed by atoms with E-state index in [1.165, 1.54) is 16.0 Å². The predicted octanol–water partition coefficient (Wildman–Crippen LogP) is 3.65. The molecule has 1 atom stereocenters. The molecule has 148 valence electrons. The molecular weight excluding hydrogens is 456 g/mol. The van der Waals surface area contributed by atoms with Gasteiger partial charge in [-0.05, 0) is 31.4 Å². The molecule has 1 N–H and O–H groups in total. The van der Waals surface area contributed by atoms with E-state index in [0.29, 0.717) is 32.6 Å². The molecule has 4 nitrogen and oxygen atoms in total. The summed E-state index contributed by atoms with van der Waals surface area (Å²) in [5, 5.41) is 3.34. The Hall–Kier alpha value is -1.03. The minimum Gasteiger partial charge on any atom is -0.352 e. The van der Waals surface area contributed by atoms with Gasteiger partial charge in [-0.1, -0.05) is 24.3 Å². The lowest BCUT2D eigenvalue weighted by molar-refractivity contribution is -0.143. The maximum atomic E-state index is 12.5. The zero-order chi connectivity index (χ0) is 18.4. The Labute approximate surface area is 170 Å². The molecule has 0 saturated carbocycles. The number of aliphatic imine (C=N–C) groups is 1. The summed E-state index contributed by atoms with van der Waals surface area (Å²) < 4.78 is 37.6.